The number of hydrogen-bond donors (Lipinski definition) is 1. The van der Waals surface area contributed by atoms with Crippen LogP contribution < -0.4 is 0 Å². The van der Waals surface area contributed by atoms with Crippen LogP contribution in [0.25, 0.3) is 0 Å². The summed E-state index contributed by atoms with van der Waals surface area (Å²) in [6.07, 6.45) is 0.624. The van der Waals surface area contributed by atoms with Crippen molar-refractivity contribution in [3.8, 4) is 0 Å². The van der Waals surface area contributed by atoms with Crippen molar-refractivity contribution in [2.24, 2.45) is 7.05 Å². The summed E-state index contributed by atoms with van der Waals surface area (Å²) in [5, 5.41) is 12.7. The highest BCUT2D eigenvalue weighted by Crippen LogP contribution is 2.09. The first-order chi connectivity index (χ1) is 4.74. The molecule has 0 saturated carbocycles. The van der Waals surface area contributed by atoms with Gasteiger partial charge in [-0.1, -0.05) is 0 Å². The van der Waals surface area contributed by atoms with Crippen molar-refractivity contribution in [3.05, 3.63) is 16.4 Å². The number of aryl methyl sites for hydroxylation is 1. The zero-order chi connectivity index (χ0) is 7.56. The summed E-state index contributed by atoms with van der Waals surface area (Å²) in [5.74, 6) is 0. The lowest BCUT2D eigenvalue weighted by Crippen LogP contribution is -1.94. The van der Waals surface area contributed by atoms with E-state index in [9.17, 15) is 0 Å². The smallest absolute Gasteiger partial charge is 0.104 e. The predicted octanol–water partition coefficient (Wildman–Crippen LogP) is 0.717. The van der Waals surface area contributed by atoms with Crippen LogP contribution in [-0.2, 0) is 13.5 Å². The lowest BCUT2D eigenvalue weighted by atomic mass is 10.3. The first-order valence-electron chi connectivity index (χ1n) is 3.03. The maximum atomic E-state index is 8.56. The average molecular weight is 205 g/mol. The summed E-state index contributed by atoms with van der Waals surface area (Å²) >= 11 is 3.30. The largest absolute Gasteiger partial charge is 0.396 e. The second-order valence-corrected chi connectivity index (χ2v) is 2.87. The Labute approximate surface area is 67.8 Å². The molecule has 0 bridgehead atoms. The molecule has 0 spiro atoms. The SMILES string of the molecule is Cn1nc(CCO)cc1Br. The van der Waals surface area contributed by atoms with Gasteiger partial charge in [0, 0.05) is 20.1 Å². The number of aliphatic hydroxyl groups is 1. The van der Waals surface area contributed by atoms with Gasteiger partial charge >= 0.3 is 0 Å². The van der Waals surface area contributed by atoms with E-state index in [4.69, 9.17) is 5.11 Å². The lowest BCUT2D eigenvalue weighted by molar-refractivity contribution is 0.298. The fourth-order valence-electron chi connectivity index (χ4n) is 0.737. The van der Waals surface area contributed by atoms with E-state index in [1.807, 2.05) is 13.1 Å². The first-order valence-corrected chi connectivity index (χ1v) is 3.82. The van der Waals surface area contributed by atoms with Crippen LogP contribution in [0.3, 0.4) is 0 Å². The minimum absolute atomic E-state index is 0.156. The summed E-state index contributed by atoms with van der Waals surface area (Å²) in [6.45, 7) is 0.156. The molecule has 0 atom stereocenters. The summed E-state index contributed by atoms with van der Waals surface area (Å²) in [4.78, 5) is 0. The average Bonchev–Trinajstić information content (AvgIpc) is 2.14. The van der Waals surface area contributed by atoms with E-state index in [1.165, 1.54) is 0 Å². The first kappa shape index (κ1) is 7.75. The third-order valence-corrected chi connectivity index (χ3v) is 1.98. The molecule has 0 aliphatic rings. The Bertz CT molecular complexity index is 202. The Morgan fingerprint density at radius 2 is 2.50 bits per heavy atom. The van der Waals surface area contributed by atoms with E-state index in [1.54, 1.807) is 4.68 Å². The minimum atomic E-state index is 0.156. The molecule has 1 aromatic rings. The Morgan fingerprint density at radius 1 is 1.80 bits per heavy atom. The Morgan fingerprint density at radius 3 is 2.90 bits per heavy atom. The highest BCUT2D eigenvalue weighted by Gasteiger charge is 1.99. The third kappa shape index (κ3) is 1.58. The van der Waals surface area contributed by atoms with E-state index in [2.05, 4.69) is 21.0 Å². The van der Waals surface area contributed by atoms with E-state index >= 15 is 0 Å². The topological polar surface area (TPSA) is 38.0 Å². The van der Waals surface area contributed by atoms with Crippen molar-refractivity contribution in [2.75, 3.05) is 6.61 Å². The van der Waals surface area contributed by atoms with Gasteiger partial charge in [-0.2, -0.15) is 5.10 Å². The van der Waals surface area contributed by atoms with Crippen LogP contribution in [-0.4, -0.2) is 21.5 Å². The lowest BCUT2D eigenvalue weighted by Gasteiger charge is -1.88. The summed E-state index contributed by atoms with van der Waals surface area (Å²) in [5.41, 5.74) is 0.914. The van der Waals surface area contributed by atoms with Crippen molar-refractivity contribution in [1.29, 1.82) is 0 Å². The molecule has 0 saturated heterocycles. The van der Waals surface area contributed by atoms with Gasteiger partial charge in [-0.05, 0) is 22.0 Å². The summed E-state index contributed by atoms with van der Waals surface area (Å²) in [7, 11) is 1.85. The van der Waals surface area contributed by atoms with Crippen LogP contribution >= 0.6 is 15.9 Å². The number of aromatic nitrogens is 2. The van der Waals surface area contributed by atoms with Crippen molar-refractivity contribution in [2.45, 2.75) is 6.42 Å². The van der Waals surface area contributed by atoms with Gasteiger partial charge in [0.15, 0.2) is 0 Å². The fraction of sp³-hybridized carbons (Fsp3) is 0.500. The number of nitrogens with zero attached hydrogens (tertiary/aromatic N) is 2. The molecule has 1 N–H and O–H groups in total. The van der Waals surface area contributed by atoms with Crippen LogP contribution in [0.1, 0.15) is 5.69 Å². The molecule has 0 amide bonds. The van der Waals surface area contributed by atoms with Gasteiger partial charge in [-0.3, -0.25) is 4.68 Å². The molecular weight excluding hydrogens is 196 g/mol. The third-order valence-electron chi connectivity index (χ3n) is 1.24. The quantitative estimate of drug-likeness (QED) is 0.772. The van der Waals surface area contributed by atoms with Crippen LogP contribution in [0.2, 0.25) is 0 Å². The molecule has 1 rings (SSSR count). The van der Waals surface area contributed by atoms with Crippen molar-refractivity contribution in [3.63, 3.8) is 0 Å². The number of rotatable bonds is 2. The van der Waals surface area contributed by atoms with Crippen molar-refractivity contribution in [1.82, 2.24) is 9.78 Å². The molecule has 0 aliphatic carbocycles. The standard InChI is InChI=1S/C6H9BrN2O/c1-9-6(7)4-5(8-9)2-3-10/h4,10H,2-3H2,1H3. The highest BCUT2D eigenvalue weighted by molar-refractivity contribution is 9.10. The number of hydrogen-bond acceptors (Lipinski definition) is 2. The van der Waals surface area contributed by atoms with Gasteiger partial charge in [0.1, 0.15) is 4.60 Å². The van der Waals surface area contributed by atoms with Crippen molar-refractivity contribution < 1.29 is 5.11 Å². The molecule has 1 aromatic heterocycles. The van der Waals surface area contributed by atoms with E-state index in [0.29, 0.717) is 6.42 Å². The zero-order valence-electron chi connectivity index (χ0n) is 5.71. The van der Waals surface area contributed by atoms with Gasteiger partial charge in [0.05, 0.1) is 5.69 Å². The molecule has 0 radical (unpaired) electrons. The Hall–Kier alpha value is -0.350. The predicted molar refractivity (Wildman–Crippen MR) is 41.7 cm³/mol. The van der Waals surface area contributed by atoms with Gasteiger partial charge in [-0.25, -0.2) is 0 Å². The molecule has 4 heteroatoms. The maximum absolute atomic E-state index is 8.56. The monoisotopic (exact) mass is 204 g/mol. The zero-order valence-corrected chi connectivity index (χ0v) is 7.30. The molecule has 10 heavy (non-hydrogen) atoms. The van der Waals surface area contributed by atoms with Crippen LogP contribution in [0.5, 0.6) is 0 Å². The molecule has 0 aromatic carbocycles. The Balaban J connectivity index is 2.77. The number of aliphatic hydroxyl groups excluding tert-OH is 1. The molecule has 0 unspecified atom stereocenters. The normalized spacial score (nSPS) is 10.3. The van der Waals surface area contributed by atoms with Crippen LogP contribution in [0.4, 0.5) is 0 Å². The van der Waals surface area contributed by atoms with Gasteiger partial charge in [-0.15, -0.1) is 0 Å². The maximum Gasteiger partial charge on any atom is 0.104 e. The van der Waals surface area contributed by atoms with Gasteiger partial charge < -0.3 is 5.11 Å². The van der Waals surface area contributed by atoms with Gasteiger partial charge in [0.2, 0.25) is 0 Å². The highest BCUT2D eigenvalue weighted by atomic mass is 79.9. The van der Waals surface area contributed by atoms with Crippen LogP contribution in [0, 0.1) is 0 Å². The molecule has 0 fully saturated rings. The van der Waals surface area contributed by atoms with E-state index in [0.717, 1.165) is 10.3 Å². The second-order valence-electron chi connectivity index (χ2n) is 2.06. The molecular formula is C6H9BrN2O. The molecule has 56 valence electrons. The van der Waals surface area contributed by atoms with Gasteiger partial charge in [0.25, 0.3) is 0 Å². The van der Waals surface area contributed by atoms with Crippen molar-refractivity contribution >= 4 is 15.9 Å². The molecule has 0 aliphatic heterocycles. The summed E-state index contributed by atoms with van der Waals surface area (Å²) < 4.78 is 2.67. The number of halogens is 1. The molecule has 3 nitrogen and oxygen atoms in total. The van der Waals surface area contributed by atoms with E-state index < -0.39 is 0 Å². The van der Waals surface area contributed by atoms with E-state index in [-0.39, 0.29) is 6.61 Å². The molecule has 1 heterocycles. The Kier molecular flexibility index (Phi) is 2.45. The second kappa shape index (κ2) is 3.16. The minimum Gasteiger partial charge on any atom is -0.396 e. The fourth-order valence-corrected chi connectivity index (χ4v) is 1.08. The summed E-state index contributed by atoms with van der Waals surface area (Å²) in [6, 6.07) is 1.90. The van der Waals surface area contributed by atoms with Crippen LogP contribution in [0.15, 0.2) is 10.7 Å².